The Kier molecular flexibility index (Phi) is 3.76. The van der Waals surface area contributed by atoms with E-state index in [1.165, 1.54) is 18.9 Å². The maximum atomic E-state index is 12.7. The van der Waals surface area contributed by atoms with Crippen LogP contribution in [0.5, 0.6) is 0 Å². The normalized spacial score (nSPS) is 17.6. The van der Waals surface area contributed by atoms with Crippen LogP contribution in [0, 0.1) is 5.92 Å². The van der Waals surface area contributed by atoms with Crippen LogP contribution in [0.4, 0.5) is 18.9 Å². The summed E-state index contributed by atoms with van der Waals surface area (Å²) in [6, 6.07) is 4.13. The lowest BCUT2D eigenvalue weighted by Crippen LogP contribution is -2.16. The number of halogens is 4. The smallest absolute Gasteiger partial charge is 0.383 e. The molecular formula is C13H15ClF3N. The molecule has 0 saturated heterocycles. The average molecular weight is 278 g/mol. The number of benzene rings is 1. The van der Waals surface area contributed by atoms with Gasteiger partial charge in [0.05, 0.1) is 10.6 Å². The van der Waals surface area contributed by atoms with E-state index < -0.39 is 11.7 Å². The largest absolute Gasteiger partial charge is 0.417 e. The predicted molar refractivity (Wildman–Crippen MR) is 66.9 cm³/mol. The van der Waals surface area contributed by atoms with Crippen molar-refractivity contribution in [3.05, 3.63) is 28.8 Å². The summed E-state index contributed by atoms with van der Waals surface area (Å²) in [5, 5.41) is 2.83. The summed E-state index contributed by atoms with van der Waals surface area (Å²) in [7, 11) is 0. The third-order valence-electron chi connectivity index (χ3n) is 3.07. The van der Waals surface area contributed by atoms with Gasteiger partial charge in [-0.1, -0.05) is 24.4 Å². The molecule has 0 amide bonds. The van der Waals surface area contributed by atoms with Gasteiger partial charge in [0, 0.05) is 11.7 Å². The van der Waals surface area contributed by atoms with Crippen molar-refractivity contribution in [1.82, 2.24) is 0 Å². The molecule has 18 heavy (non-hydrogen) atoms. The minimum absolute atomic E-state index is 0.180. The summed E-state index contributed by atoms with van der Waals surface area (Å²) in [4.78, 5) is 0. The second kappa shape index (κ2) is 5.00. The van der Waals surface area contributed by atoms with Crippen LogP contribution in [0.1, 0.15) is 31.7 Å². The number of nitrogens with one attached hydrogen (secondary N) is 1. The monoisotopic (exact) mass is 277 g/mol. The van der Waals surface area contributed by atoms with Crippen LogP contribution < -0.4 is 5.32 Å². The summed E-state index contributed by atoms with van der Waals surface area (Å²) in [5.74, 6) is 0.738. The molecule has 1 fully saturated rings. The number of anilines is 1. The molecule has 1 aromatic rings. The van der Waals surface area contributed by atoms with Crippen LogP contribution in [0.3, 0.4) is 0 Å². The quantitative estimate of drug-likeness (QED) is 0.820. The van der Waals surface area contributed by atoms with Gasteiger partial charge in [-0.25, -0.2) is 0 Å². The first kappa shape index (κ1) is 13.5. The molecule has 0 radical (unpaired) electrons. The highest BCUT2D eigenvalue weighted by atomic mass is 35.5. The van der Waals surface area contributed by atoms with Gasteiger partial charge >= 0.3 is 6.18 Å². The van der Waals surface area contributed by atoms with Gasteiger partial charge in [0.15, 0.2) is 0 Å². The highest BCUT2D eigenvalue weighted by Gasteiger charge is 2.33. The van der Waals surface area contributed by atoms with Crippen molar-refractivity contribution in [2.24, 2.45) is 5.92 Å². The first-order valence-electron chi connectivity index (χ1n) is 5.99. The van der Waals surface area contributed by atoms with Gasteiger partial charge in [-0.15, -0.1) is 0 Å². The zero-order valence-electron chi connectivity index (χ0n) is 10.0. The Morgan fingerprint density at radius 3 is 2.61 bits per heavy atom. The minimum atomic E-state index is -4.41. The summed E-state index contributed by atoms with van der Waals surface area (Å²) in [6.07, 6.45) is -0.931. The lowest BCUT2D eigenvalue weighted by atomic mass is 10.1. The van der Waals surface area contributed by atoms with E-state index in [2.05, 4.69) is 5.32 Å². The SMILES string of the molecule is CC(CC1CC1)Nc1ccc(Cl)c(C(F)(F)F)c1. The van der Waals surface area contributed by atoms with Crippen molar-refractivity contribution in [2.75, 3.05) is 5.32 Å². The Labute approximate surface area is 109 Å². The molecule has 1 aliphatic rings. The van der Waals surface area contributed by atoms with Crippen molar-refractivity contribution < 1.29 is 13.2 Å². The Balaban J connectivity index is 2.08. The second-order valence-electron chi connectivity index (χ2n) is 4.92. The van der Waals surface area contributed by atoms with Gasteiger partial charge in [-0.05, 0) is 37.5 Å². The average Bonchev–Trinajstić information content (AvgIpc) is 3.03. The maximum absolute atomic E-state index is 12.7. The van der Waals surface area contributed by atoms with E-state index in [1.54, 1.807) is 6.07 Å². The molecule has 2 rings (SSSR count). The van der Waals surface area contributed by atoms with Crippen molar-refractivity contribution in [3.8, 4) is 0 Å². The molecule has 1 nitrogen and oxygen atoms in total. The van der Waals surface area contributed by atoms with Gasteiger partial charge in [0.25, 0.3) is 0 Å². The summed E-state index contributed by atoms with van der Waals surface area (Å²) in [6.45, 7) is 1.99. The molecule has 5 heteroatoms. The van der Waals surface area contributed by atoms with E-state index in [-0.39, 0.29) is 11.1 Å². The van der Waals surface area contributed by atoms with Crippen LogP contribution in [0.2, 0.25) is 5.02 Å². The standard InChI is InChI=1S/C13H15ClF3N/c1-8(6-9-2-3-9)18-10-4-5-12(14)11(7-10)13(15,16)17/h4-5,7-9,18H,2-3,6H2,1H3. The lowest BCUT2D eigenvalue weighted by molar-refractivity contribution is -0.137. The maximum Gasteiger partial charge on any atom is 0.417 e. The Bertz CT molecular complexity index is 427. The fraction of sp³-hybridized carbons (Fsp3) is 0.538. The van der Waals surface area contributed by atoms with Crippen molar-refractivity contribution in [1.29, 1.82) is 0 Å². The van der Waals surface area contributed by atoms with E-state index in [1.807, 2.05) is 6.92 Å². The second-order valence-corrected chi connectivity index (χ2v) is 5.32. The van der Waals surface area contributed by atoms with Gasteiger partial charge in [-0.3, -0.25) is 0 Å². The van der Waals surface area contributed by atoms with Crippen LogP contribution in [0.15, 0.2) is 18.2 Å². The number of hydrogen-bond donors (Lipinski definition) is 1. The molecule has 0 aromatic heterocycles. The fourth-order valence-corrected chi connectivity index (χ4v) is 2.25. The third kappa shape index (κ3) is 3.55. The molecule has 1 unspecified atom stereocenters. The van der Waals surface area contributed by atoms with Crippen molar-refractivity contribution in [2.45, 2.75) is 38.4 Å². The molecule has 0 heterocycles. The lowest BCUT2D eigenvalue weighted by Gasteiger charge is -2.17. The molecular weight excluding hydrogens is 263 g/mol. The molecule has 0 bridgehead atoms. The third-order valence-corrected chi connectivity index (χ3v) is 3.40. The zero-order valence-corrected chi connectivity index (χ0v) is 10.8. The highest BCUT2D eigenvalue weighted by molar-refractivity contribution is 6.31. The molecule has 0 spiro atoms. The number of hydrogen-bond acceptors (Lipinski definition) is 1. The molecule has 100 valence electrons. The van der Waals surface area contributed by atoms with Crippen LogP contribution in [-0.2, 0) is 6.18 Å². The molecule has 1 saturated carbocycles. The summed E-state index contributed by atoms with van der Waals surface area (Å²) < 4.78 is 38.0. The number of alkyl halides is 3. The fourth-order valence-electron chi connectivity index (χ4n) is 2.03. The van der Waals surface area contributed by atoms with E-state index >= 15 is 0 Å². The first-order valence-corrected chi connectivity index (χ1v) is 6.37. The minimum Gasteiger partial charge on any atom is -0.383 e. The van der Waals surface area contributed by atoms with Crippen LogP contribution in [-0.4, -0.2) is 6.04 Å². The van der Waals surface area contributed by atoms with Gasteiger partial charge < -0.3 is 5.32 Å². The van der Waals surface area contributed by atoms with Crippen LogP contribution >= 0.6 is 11.6 Å². The van der Waals surface area contributed by atoms with E-state index in [4.69, 9.17) is 11.6 Å². The highest BCUT2D eigenvalue weighted by Crippen LogP contribution is 2.37. The van der Waals surface area contributed by atoms with E-state index in [0.717, 1.165) is 18.4 Å². The van der Waals surface area contributed by atoms with Gasteiger partial charge in [0.1, 0.15) is 0 Å². The Morgan fingerprint density at radius 1 is 1.39 bits per heavy atom. The summed E-state index contributed by atoms with van der Waals surface area (Å²) in [5.41, 5.74) is -0.312. The topological polar surface area (TPSA) is 12.0 Å². The van der Waals surface area contributed by atoms with E-state index in [0.29, 0.717) is 5.69 Å². The number of rotatable bonds is 4. The van der Waals surface area contributed by atoms with Gasteiger partial charge in [-0.2, -0.15) is 13.2 Å². The molecule has 0 aliphatic heterocycles. The van der Waals surface area contributed by atoms with Crippen molar-refractivity contribution >= 4 is 17.3 Å². The van der Waals surface area contributed by atoms with E-state index in [9.17, 15) is 13.2 Å². The molecule has 1 atom stereocenters. The molecule has 1 aromatic carbocycles. The van der Waals surface area contributed by atoms with Gasteiger partial charge in [0.2, 0.25) is 0 Å². The van der Waals surface area contributed by atoms with Crippen molar-refractivity contribution in [3.63, 3.8) is 0 Å². The summed E-state index contributed by atoms with van der Waals surface area (Å²) >= 11 is 5.56. The molecule has 1 aliphatic carbocycles. The molecule has 1 N–H and O–H groups in total. The first-order chi connectivity index (χ1) is 8.36. The van der Waals surface area contributed by atoms with Crippen LogP contribution in [0.25, 0.3) is 0 Å². The predicted octanol–water partition coefficient (Wildman–Crippen LogP) is 4.96. The zero-order chi connectivity index (χ0) is 13.3. The Hall–Kier alpha value is -0.900. The Morgan fingerprint density at radius 2 is 2.06 bits per heavy atom.